The molecule has 2 N–H and O–H groups in total. The summed E-state index contributed by atoms with van der Waals surface area (Å²) in [7, 11) is 0. The Morgan fingerprint density at radius 3 is 2.42 bits per heavy atom. The van der Waals surface area contributed by atoms with Crippen molar-refractivity contribution >= 4 is 28.9 Å². The number of amides is 2. The van der Waals surface area contributed by atoms with Crippen molar-refractivity contribution in [1.29, 1.82) is 0 Å². The van der Waals surface area contributed by atoms with E-state index in [0.29, 0.717) is 6.42 Å². The minimum Gasteiger partial charge on any atom is -0.376 e. The van der Waals surface area contributed by atoms with E-state index in [4.69, 9.17) is 0 Å². The molecule has 1 aliphatic rings. The Labute approximate surface area is 154 Å². The molecule has 0 fully saturated rings. The first kappa shape index (κ1) is 18.0. The predicted octanol–water partition coefficient (Wildman–Crippen LogP) is 4.33. The number of carbonyl (C=O) groups excluding carboxylic acids is 2. The predicted molar refractivity (Wildman–Crippen MR) is 105 cm³/mol. The van der Waals surface area contributed by atoms with Crippen LogP contribution in [0.3, 0.4) is 0 Å². The van der Waals surface area contributed by atoms with Crippen LogP contribution < -0.4 is 15.5 Å². The van der Waals surface area contributed by atoms with E-state index in [-0.39, 0.29) is 23.9 Å². The van der Waals surface area contributed by atoms with Crippen LogP contribution in [0.2, 0.25) is 0 Å². The lowest BCUT2D eigenvalue weighted by Crippen LogP contribution is -2.44. The Morgan fingerprint density at radius 2 is 1.73 bits per heavy atom. The largest absolute Gasteiger partial charge is 0.376 e. The maximum absolute atomic E-state index is 12.4. The maximum atomic E-state index is 12.4. The molecule has 3 rings (SSSR count). The minimum absolute atomic E-state index is 0.0667. The number of hydrogen-bond donors (Lipinski definition) is 2. The summed E-state index contributed by atoms with van der Waals surface area (Å²) in [4.78, 5) is 25.8. The smallest absolute Gasteiger partial charge is 0.226 e. The molecule has 0 saturated heterocycles. The van der Waals surface area contributed by atoms with Gasteiger partial charge in [0.2, 0.25) is 11.8 Å². The number of benzene rings is 2. The fourth-order valence-corrected chi connectivity index (χ4v) is 3.60. The zero-order valence-corrected chi connectivity index (χ0v) is 15.5. The molecular weight excluding hydrogens is 326 g/mol. The molecule has 0 radical (unpaired) electrons. The standard InChI is InChI=1S/C21H25N3O2/c1-4-21(26)24-14(2)13-19(16-9-5-8-12-20(16)24)23-18-11-7-6-10-17(18)22-15(3)25/h5-12,14,19,23H,4,13H2,1-3H3,(H,22,25)/t14-,19+/m0/s1. The molecule has 2 atom stereocenters. The molecule has 0 saturated carbocycles. The maximum Gasteiger partial charge on any atom is 0.226 e. The Bertz CT molecular complexity index is 818. The van der Waals surface area contributed by atoms with E-state index in [1.54, 1.807) is 0 Å². The van der Waals surface area contributed by atoms with Gasteiger partial charge in [-0.15, -0.1) is 0 Å². The van der Waals surface area contributed by atoms with Crippen molar-refractivity contribution in [2.75, 3.05) is 15.5 Å². The average Bonchev–Trinajstić information content (AvgIpc) is 2.62. The van der Waals surface area contributed by atoms with Gasteiger partial charge in [-0.05, 0) is 37.1 Å². The number of fused-ring (bicyclic) bond motifs is 1. The van der Waals surface area contributed by atoms with Crippen LogP contribution in [0.25, 0.3) is 0 Å². The first-order chi connectivity index (χ1) is 12.5. The van der Waals surface area contributed by atoms with Crippen molar-refractivity contribution in [3.8, 4) is 0 Å². The van der Waals surface area contributed by atoms with Crippen LogP contribution in [0, 0.1) is 0 Å². The Balaban J connectivity index is 1.95. The summed E-state index contributed by atoms with van der Waals surface area (Å²) < 4.78 is 0. The van der Waals surface area contributed by atoms with Gasteiger partial charge in [0.15, 0.2) is 0 Å². The fraction of sp³-hybridized carbons (Fsp3) is 0.333. The lowest BCUT2D eigenvalue weighted by atomic mass is 9.91. The highest BCUT2D eigenvalue weighted by Crippen LogP contribution is 2.40. The normalized spacial score (nSPS) is 18.8. The van der Waals surface area contributed by atoms with E-state index in [0.717, 1.165) is 29.0 Å². The molecule has 136 valence electrons. The number of para-hydroxylation sites is 3. The van der Waals surface area contributed by atoms with E-state index in [1.807, 2.05) is 54.3 Å². The minimum atomic E-state index is -0.101. The molecule has 1 aliphatic heterocycles. The molecule has 2 aromatic carbocycles. The highest BCUT2D eigenvalue weighted by atomic mass is 16.2. The van der Waals surface area contributed by atoms with Gasteiger partial charge in [0.05, 0.1) is 17.4 Å². The van der Waals surface area contributed by atoms with Crippen molar-refractivity contribution in [3.05, 3.63) is 54.1 Å². The summed E-state index contributed by atoms with van der Waals surface area (Å²) in [5.74, 6) is 0.0402. The molecular formula is C21H25N3O2. The van der Waals surface area contributed by atoms with Gasteiger partial charge in [-0.2, -0.15) is 0 Å². The third-order valence-corrected chi connectivity index (χ3v) is 4.73. The van der Waals surface area contributed by atoms with Gasteiger partial charge in [-0.25, -0.2) is 0 Å². The average molecular weight is 351 g/mol. The number of nitrogens with one attached hydrogen (secondary N) is 2. The summed E-state index contributed by atoms with van der Waals surface area (Å²) in [5.41, 5.74) is 3.71. The summed E-state index contributed by atoms with van der Waals surface area (Å²) >= 11 is 0. The molecule has 0 spiro atoms. The van der Waals surface area contributed by atoms with E-state index < -0.39 is 0 Å². The van der Waals surface area contributed by atoms with Crippen LogP contribution in [-0.2, 0) is 9.59 Å². The second kappa shape index (κ2) is 7.60. The van der Waals surface area contributed by atoms with Crippen LogP contribution in [0.1, 0.15) is 45.2 Å². The van der Waals surface area contributed by atoms with Crippen molar-refractivity contribution in [2.24, 2.45) is 0 Å². The van der Waals surface area contributed by atoms with Crippen LogP contribution in [-0.4, -0.2) is 17.9 Å². The summed E-state index contributed by atoms with van der Waals surface area (Å²) in [5, 5.41) is 6.43. The molecule has 2 aromatic rings. The second-order valence-corrected chi connectivity index (χ2v) is 6.68. The van der Waals surface area contributed by atoms with Gasteiger partial charge in [0, 0.05) is 25.1 Å². The Morgan fingerprint density at radius 1 is 1.08 bits per heavy atom. The summed E-state index contributed by atoms with van der Waals surface area (Å²) in [6.07, 6.45) is 1.29. The van der Waals surface area contributed by atoms with Crippen molar-refractivity contribution in [2.45, 2.75) is 45.7 Å². The Hall–Kier alpha value is -2.82. The van der Waals surface area contributed by atoms with Gasteiger partial charge in [-0.3, -0.25) is 9.59 Å². The summed E-state index contributed by atoms with van der Waals surface area (Å²) in [6.45, 7) is 5.48. The first-order valence-electron chi connectivity index (χ1n) is 9.05. The van der Waals surface area contributed by atoms with Crippen molar-refractivity contribution in [3.63, 3.8) is 0 Å². The topological polar surface area (TPSA) is 61.4 Å². The van der Waals surface area contributed by atoms with E-state index in [2.05, 4.69) is 23.6 Å². The molecule has 0 aromatic heterocycles. The van der Waals surface area contributed by atoms with Crippen LogP contribution in [0.5, 0.6) is 0 Å². The third-order valence-electron chi connectivity index (χ3n) is 4.73. The van der Waals surface area contributed by atoms with Crippen LogP contribution in [0.15, 0.2) is 48.5 Å². The second-order valence-electron chi connectivity index (χ2n) is 6.68. The van der Waals surface area contributed by atoms with Crippen LogP contribution >= 0.6 is 0 Å². The molecule has 26 heavy (non-hydrogen) atoms. The van der Waals surface area contributed by atoms with Crippen molar-refractivity contribution < 1.29 is 9.59 Å². The number of hydrogen-bond acceptors (Lipinski definition) is 3. The molecule has 2 amide bonds. The van der Waals surface area contributed by atoms with Crippen LogP contribution in [0.4, 0.5) is 17.1 Å². The monoisotopic (exact) mass is 351 g/mol. The van der Waals surface area contributed by atoms with E-state index >= 15 is 0 Å². The number of carbonyl (C=O) groups is 2. The highest BCUT2D eigenvalue weighted by Gasteiger charge is 2.33. The van der Waals surface area contributed by atoms with Gasteiger partial charge in [0.1, 0.15) is 0 Å². The Kier molecular flexibility index (Phi) is 5.26. The van der Waals surface area contributed by atoms with Gasteiger partial charge in [0.25, 0.3) is 0 Å². The molecule has 0 unspecified atom stereocenters. The van der Waals surface area contributed by atoms with Gasteiger partial charge < -0.3 is 15.5 Å². The fourth-order valence-electron chi connectivity index (χ4n) is 3.60. The zero-order chi connectivity index (χ0) is 18.7. The third kappa shape index (κ3) is 3.57. The van der Waals surface area contributed by atoms with Gasteiger partial charge >= 0.3 is 0 Å². The summed E-state index contributed by atoms with van der Waals surface area (Å²) in [6, 6.07) is 15.9. The number of nitrogens with zero attached hydrogens (tertiary/aromatic N) is 1. The quantitative estimate of drug-likeness (QED) is 0.862. The molecule has 1 heterocycles. The number of rotatable bonds is 4. The van der Waals surface area contributed by atoms with E-state index in [9.17, 15) is 9.59 Å². The van der Waals surface area contributed by atoms with E-state index in [1.165, 1.54) is 6.92 Å². The number of anilines is 3. The highest BCUT2D eigenvalue weighted by molar-refractivity contribution is 5.95. The first-order valence-corrected chi connectivity index (χ1v) is 9.05. The zero-order valence-electron chi connectivity index (χ0n) is 15.5. The SMILES string of the molecule is CCC(=O)N1c2ccccc2[C@H](Nc2ccccc2NC(C)=O)C[C@@H]1C. The van der Waals surface area contributed by atoms with Gasteiger partial charge in [-0.1, -0.05) is 37.3 Å². The molecule has 5 nitrogen and oxygen atoms in total. The lowest BCUT2D eigenvalue weighted by Gasteiger charge is -2.40. The molecule has 0 aliphatic carbocycles. The molecule has 0 bridgehead atoms. The lowest BCUT2D eigenvalue weighted by molar-refractivity contribution is -0.119. The van der Waals surface area contributed by atoms with Crippen molar-refractivity contribution in [1.82, 2.24) is 0 Å². The molecule has 5 heteroatoms.